The highest BCUT2D eigenvalue weighted by Gasteiger charge is 2.43. The molecule has 13 heavy (non-hydrogen) atoms. The molecule has 1 amide bonds. The van der Waals surface area contributed by atoms with Gasteiger partial charge in [-0.2, -0.15) is 0 Å². The molecule has 1 aliphatic rings. The maximum atomic E-state index is 11.0. The van der Waals surface area contributed by atoms with Crippen molar-refractivity contribution in [2.24, 2.45) is 0 Å². The zero-order valence-electron chi connectivity index (χ0n) is 7.06. The molecule has 1 fully saturated rings. The van der Waals surface area contributed by atoms with Crippen LogP contribution in [0.1, 0.15) is 6.92 Å². The van der Waals surface area contributed by atoms with E-state index >= 15 is 0 Å². The minimum absolute atomic E-state index is 0.431. The van der Waals surface area contributed by atoms with Gasteiger partial charge in [0.2, 0.25) is 5.91 Å². The summed E-state index contributed by atoms with van der Waals surface area (Å²) >= 11 is 0. The number of carbonyl (C=O) groups excluding carboxylic acids is 2. The Morgan fingerprint density at radius 3 is 2.69 bits per heavy atom. The van der Waals surface area contributed by atoms with E-state index in [4.69, 9.17) is 5.11 Å². The summed E-state index contributed by atoms with van der Waals surface area (Å²) < 4.78 is 4.58. The summed E-state index contributed by atoms with van der Waals surface area (Å²) in [5, 5.41) is 20.2. The lowest BCUT2D eigenvalue weighted by Gasteiger charge is -2.13. The molecule has 0 aliphatic carbocycles. The monoisotopic (exact) mass is 189 g/mol. The van der Waals surface area contributed by atoms with Crippen LogP contribution in [0.5, 0.6) is 0 Å². The largest absolute Gasteiger partial charge is 0.455 e. The van der Waals surface area contributed by atoms with Crippen LogP contribution < -0.4 is 5.32 Å². The summed E-state index contributed by atoms with van der Waals surface area (Å²) in [6, 6.07) is -1.06. The van der Waals surface area contributed by atoms with Crippen LogP contribution in [0.3, 0.4) is 0 Å². The second-order valence-electron chi connectivity index (χ2n) is 2.83. The molecule has 0 saturated carbocycles. The molecule has 1 heterocycles. The van der Waals surface area contributed by atoms with E-state index in [-0.39, 0.29) is 0 Å². The van der Waals surface area contributed by atoms with Gasteiger partial charge in [0.05, 0.1) is 6.61 Å². The summed E-state index contributed by atoms with van der Waals surface area (Å²) in [7, 11) is 0. The van der Waals surface area contributed by atoms with Crippen molar-refractivity contribution in [3.8, 4) is 0 Å². The minimum atomic E-state index is -1.18. The number of ether oxygens (including phenoxy) is 1. The number of hydrogen-bond donors (Lipinski definition) is 3. The van der Waals surface area contributed by atoms with Crippen molar-refractivity contribution >= 4 is 11.9 Å². The summed E-state index contributed by atoms with van der Waals surface area (Å²) in [5.74, 6) is -1.15. The fourth-order valence-electron chi connectivity index (χ4n) is 1.15. The Labute approximate surface area is 74.5 Å². The zero-order valence-corrected chi connectivity index (χ0v) is 7.06. The van der Waals surface area contributed by atoms with E-state index < -0.39 is 36.7 Å². The van der Waals surface area contributed by atoms with Crippen LogP contribution in [-0.4, -0.2) is 46.9 Å². The molecule has 74 valence electrons. The number of cyclic esters (lactones) is 1. The summed E-state index contributed by atoms with van der Waals surface area (Å²) in [6.07, 6.45) is -2.12. The van der Waals surface area contributed by atoms with Crippen molar-refractivity contribution < 1.29 is 24.5 Å². The molecule has 6 nitrogen and oxygen atoms in total. The third-order valence-electron chi connectivity index (χ3n) is 1.78. The predicted octanol–water partition coefficient (Wildman–Crippen LogP) is -2.23. The van der Waals surface area contributed by atoms with Crippen LogP contribution in [0, 0.1) is 0 Å². The maximum Gasteiger partial charge on any atom is 0.331 e. The quantitative estimate of drug-likeness (QED) is 0.427. The Hall–Kier alpha value is -1.14. The van der Waals surface area contributed by atoms with Crippen molar-refractivity contribution in [2.45, 2.75) is 25.2 Å². The van der Waals surface area contributed by atoms with Crippen molar-refractivity contribution in [1.82, 2.24) is 5.32 Å². The first-order valence-corrected chi connectivity index (χ1v) is 3.82. The highest BCUT2D eigenvalue weighted by Crippen LogP contribution is 2.15. The van der Waals surface area contributed by atoms with E-state index in [1.807, 2.05) is 0 Å². The molecule has 3 N–H and O–H groups in total. The molecule has 1 saturated heterocycles. The molecule has 0 aromatic rings. The van der Waals surface area contributed by atoms with E-state index in [2.05, 4.69) is 10.1 Å². The average molecular weight is 189 g/mol. The predicted molar refractivity (Wildman–Crippen MR) is 40.6 cm³/mol. The minimum Gasteiger partial charge on any atom is -0.455 e. The Morgan fingerprint density at radius 1 is 1.69 bits per heavy atom. The van der Waals surface area contributed by atoms with E-state index in [0.717, 1.165) is 0 Å². The molecule has 1 rings (SSSR count). The van der Waals surface area contributed by atoms with Crippen LogP contribution in [0.2, 0.25) is 0 Å². The molecule has 1 aliphatic heterocycles. The van der Waals surface area contributed by atoms with Crippen molar-refractivity contribution in [2.75, 3.05) is 6.61 Å². The second-order valence-corrected chi connectivity index (χ2v) is 2.83. The molecule has 0 bridgehead atoms. The van der Waals surface area contributed by atoms with E-state index in [1.165, 1.54) is 6.92 Å². The van der Waals surface area contributed by atoms with Gasteiger partial charge in [-0.05, 0) is 0 Å². The topological polar surface area (TPSA) is 95.9 Å². The lowest BCUT2D eigenvalue weighted by molar-refractivity contribution is -0.145. The van der Waals surface area contributed by atoms with E-state index in [0.29, 0.717) is 0 Å². The molecular formula is C7H11NO5. The molecule has 0 spiro atoms. The maximum absolute atomic E-state index is 11.0. The van der Waals surface area contributed by atoms with Gasteiger partial charge in [0.1, 0.15) is 6.10 Å². The number of rotatable bonds is 2. The van der Waals surface area contributed by atoms with Crippen LogP contribution in [-0.2, 0) is 14.3 Å². The van der Waals surface area contributed by atoms with Crippen LogP contribution >= 0.6 is 0 Å². The Kier molecular flexibility index (Phi) is 2.84. The fraction of sp³-hybridized carbons (Fsp3) is 0.714. The van der Waals surface area contributed by atoms with E-state index in [9.17, 15) is 14.7 Å². The lowest BCUT2D eigenvalue weighted by atomic mass is 10.1. The van der Waals surface area contributed by atoms with Crippen LogP contribution in [0.4, 0.5) is 0 Å². The third-order valence-corrected chi connectivity index (χ3v) is 1.78. The zero-order chi connectivity index (χ0) is 10.0. The number of nitrogens with one attached hydrogen (secondary N) is 1. The normalized spacial score (nSPS) is 32.8. The van der Waals surface area contributed by atoms with Crippen molar-refractivity contribution in [1.29, 1.82) is 0 Å². The average Bonchev–Trinajstić information content (AvgIpc) is 2.31. The van der Waals surface area contributed by atoms with Gasteiger partial charge in [0.15, 0.2) is 12.1 Å². The van der Waals surface area contributed by atoms with Crippen molar-refractivity contribution in [3.63, 3.8) is 0 Å². The summed E-state index contributed by atoms with van der Waals surface area (Å²) in [4.78, 5) is 21.6. The molecule has 0 radical (unpaired) electrons. The first-order valence-electron chi connectivity index (χ1n) is 3.82. The van der Waals surface area contributed by atoms with Gasteiger partial charge in [0.25, 0.3) is 0 Å². The molecular weight excluding hydrogens is 178 g/mol. The summed E-state index contributed by atoms with van der Waals surface area (Å²) in [5.41, 5.74) is 0. The van der Waals surface area contributed by atoms with Gasteiger partial charge in [-0.1, -0.05) is 0 Å². The number of amides is 1. The second kappa shape index (κ2) is 3.71. The number of aliphatic hydroxyl groups is 2. The van der Waals surface area contributed by atoms with Gasteiger partial charge in [-0.3, -0.25) is 4.79 Å². The lowest BCUT2D eigenvalue weighted by Crippen LogP contribution is -2.45. The SMILES string of the molecule is CC(=O)N[C@H]1C(=O)O[C@@H](CO)[C@@H]1O. The Bertz CT molecular complexity index is 229. The highest BCUT2D eigenvalue weighted by molar-refractivity contribution is 5.85. The fourth-order valence-corrected chi connectivity index (χ4v) is 1.15. The number of hydrogen-bond acceptors (Lipinski definition) is 5. The first kappa shape index (κ1) is 9.94. The smallest absolute Gasteiger partial charge is 0.331 e. The number of carbonyl (C=O) groups is 2. The van der Waals surface area contributed by atoms with Gasteiger partial charge >= 0.3 is 5.97 Å². The van der Waals surface area contributed by atoms with Crippen LogP contribution in [0.25, 0.3) is 0 Å². The van der Waals surface area contributed by atoms with E-state index in [1.54, 1.807) is 0 Å². The van der Waals surface area contributed by atoms with Gasteiger partial charge in [0, 0.05) is 6.92 Å². The molecule has 6 heteroatoms. The molecule has 0 unspecified atom stereocenters. The van der Waals surface area contributed by atoms with Gasteiger partial charge in [-0.15, -0.1) is 0 Å². The van der Waals surface area contributed by atoms with Gasteiger partial charge in [-0.25, -0.2) is 4.79 Å². The molecule has 0 aromatic carbocycles. The Balaban J connectivity index is 2.64. The number of esters is 1. The third kappa shape index (κ3) is 1.96. The molecule has 3 atom stereocenters. The Morgan fingerprint density at radius 2 is 2.31 bits per heavy atom. The van der Waals surface area contributed by atoms with Gasteiger partial charge < -0.3 is 20.3 Å². The highest BCUT2D eigenvalue weighted by atomic mass is 16.6. The molecule has 0 aromatic heterocycles. The standard InChI is InChI=1S/C7H11NO5/c1-3(10)8-5-6(11)4(2-9)13-7(5)12/h4-6,9,11H,2H2,1H3,(H,8,10)/t4-,5+,6-/m0/s1. The summed E-state index contributed by atoms with van der Waals surface area (Å²) in [6.45, 7) is 0.773. The first-order chi connectivity index (χ1) is 6.06. The number of aliphatic hydroxyl groups excluding tert-OH is 2. The van der Waals surface area contributed by atoms with Crippen LogP contribution in [0.15, 0.2) is 0 Å². The van der Waals surface area contributed by atoms with Crippen molar-refractivity contribution in [3.05, 3.63) is 0 Å².